The highest BCUT2D eigenvalue weighted by Crippen LogP contribution is 2.14. The van der Waals surface area contributed by atoms with E-state index in [2.05, 4.69) is 16.0 Å². The molecule has 1 rings (SSSR count). The number of hydrogen-bond acceptors (Lipinski definition) is 4. The molecule has 3 N–H and O–H groups in total. The van der Waals surface area contributed by atoms with Crippen LogP contribution in [0.2, 0.25) is 0 Å². The number of allylic oxidation sites excluding steroid dienone is 1. The number of ether oxygens (including phenoxy) is 1. The van der Waals surface area contributed by atoms with Crippen LogP contribution in [0.1, 0.15) is 39.7 Å². The highest BCUT2D eigenvalue weighted by Gasteiger charge is 2.16. The molecular weight excluding hydrogens is 334 g/mol. The van der Waals surface area contributed by atoms with Gasteiger partial charge in [-0.3, -0.25) is 9.59 Å². The van der Waals surface area contributed by atoms with Crippen molar-refractivity contribution < 1.29 is 19.1 Å². The molecule has 0 heterocycles. The maximum absolute atomic E-state index is 11.9. The molecule has 142 valence electrons. The van der Waals surface area contributed by atoms with E-state index in [9.17, 15) is 14.4 Å². The number of para-hydroxylation sites is 1. The predicted molar refractivity (Wildman–Crippen MR) is 101 cm³/mol. The first-order valence-electron chi connectivity index (χ1n) is 8.50. The Morgan fingerprint density at radius 3 is 2.46 bits per heavy atom. The fourth-order valence-corrected chi connectivity index (χ4v) is 1.92. The summed E-state index contributed by atoms with van der Waals surface area (Å²) in [5.41, 5.74) is 0.763. The zero-order chi connectivity index (χ0) is 19.6. The van der Waals surface area contributed by atoms with E-state index in [0.29, 0.717) is 5.69 Å². The molecule has 1 aromatic rings. The Kier molecular flexibility index (Phi) is 8.34. The van der Waals surface area contributed by atoms with Gasteiger partial charge in [0.15, 0.2) is 0 Å². The largest absolute Gasteiger partial charge is 0.444 e. The highest BCUT2D eigenvalue weighted by atomic mass is 16.6. The number of anilines is 1. The van der Waals surface area contributed by atoms with E-state index < -0.39 is 11.7 Å². The number of hydrogen-bond donors (Lipinski definition) is 3. The van der Waals surface area contributed by atoms with Crippen molar-refractivity contribution in [1.29, 1.82) is 0 Å². The fraction of sp³-hybridized carbons (Fsp3) is 0.421. The summed E-state index contributed by atoms with van der Waals surface area (Å²) in [7, 11) is 0. The van der Waals surface area contributed by atoms with E-state index in [1.807, 2.05) is 13.0 Å². The number of carbonyl (C=O) groups excluding carboxylic acids is 3. The van der Waals surface area contributed by atoms with Crippen molar-refractivity contribution in [2.45, 2.75) is 46.3 Å². The van der Waals surface area contributed by atoms with E-state index in [0.717, 1.165) is 12.0 Å². The molecule has 1 aromatic carbocycles. The van der Waals surface area contributed by atoms with Crippen molar-refractivity contribution in [2.75, 3.05) is 11.9 Å². The summed E-state index contributed by atoms with van der Waals surface area (Å²) in [4.78, 5) is 35.2. The van der Waals surface area contributed by atoms with Gasteiger partial charge in [0.2, 0.25) is 11.8 Å². The third kappa shape index (κ3) is 8.86. The Morgan fingerprint density at radius 2 is 1.81 bits per heavy atom. The highest BCUT2D eigenvalue weighted by molar-refractivity contribution is 5.99. The lowest BCUT2D eigenvalue weighted by Crippen LogP contribution is -2.39. The van der Waals surface area contributed by atoms with Gasteiger partial charge in [-0.25, -0.2) is 4.79 Å². The van der Waals surface area contributed by atoms with Gasteiger partial charge >= 0.3 is 6.09 Å². The van der Waals surface area contributed by atoms with Crippen molar-refractivity contribution in [3.8, 4) is 0 Å². The average Bonchev–Trinajstić information content (AvgIpc) is 2.56. The van der Waals surface area contributed by atoms with Crippen LogP contribution in [-0.2, 0) is 20.9 Å². The molecule has 0 aliphatic heterocycles. The first-order valence-corrected chi connectivity index (χ1v) is 8.50. The molecule has 0 aliphatic carbocycles. The summed E-state index contributed by atoms with van der Waals surface area (Å²) < 4.78 is 5.06. The zero-order valence-corrected chi connectivity index (χ0v) is 15.7. The Bertz CT molecular complexity index is 663. The van der Waals surface area contributed by atoms with Crippen LogP contribution in [-0.4, -0.2) is 30.1 Å². The number of carbonyl (C=O) groups is 3. The van der Waals surface area contributed by atoms with Crippen molar-refractivity contribution in [3.05, 3.63) is 42.0 Å². The molecule has 0 spiro atoms. The van der Waals surface area contributed by atoms with Gasteiger partial charge in [-0.05, 0) is 44.9 Å². The normalized spacial score (nSPS) is 11.1. The second-order valence-corrected chi connectivity index (χ2v) is 6.59. The lowest BCUT2D eigenvalue weighted by molar-refractivity contribution is -0.120. The van der Waals surface area contributed by atoms with Crippen LogP contribution in [0.15, 0.2) is 36.4 Å². The minimum atomic E-state index is -0.650. The third-order valence-corrected chi connectivity index (χ3v) is 3.05. The monoisotopic (exact) mass is 361 g/mol. The van der Waals surface area contributed by atoms with Gasteiger partial charge in [0.05, 0.1) is 0 Å². The van der Waals surface area contributed by atoms with Crippen LogP contribution in [0, 0.1) is 0 Å². The van der Waals surface area contributed by atoms with E-state index in [-0.39, 0.29) is 24.9 Å². The predicted octanol–water partition coefficient (Wildman–Crippen LogP) is 2.73. The van der Waals surface area contributed by atoms with Crippen molar-refractivity contribution in [2.24, 2.45) is 0 Å². The van der Waals surface area contributed by atoms with Crippen molar-refractivity contribution in [3.63, 3.8) is 0 Å². The van der Waals surface area contributed by atoms with Gasteiger partial charge in [-0.2, -0.15) is 0 Å². The number of alkyl carbamates (subject to hydrolysis) is 1. The standard InChI is InChI=1S/C19H27N3O4/c1-5-6-11-16(23)22-15-10-8-7-9-14(15)12-20-17(24)13-21-18(25)26-19(2,3)4/h6-11H,5,12-13H2,1-4H3,(H,20,24)(H,21,25)(H,22,23)/b11-6+. The molecule has 0 atom stereocenters. The summed E-state index contributed by atoms with van der Waals surface area (Å²) in [6, 6.07) is 7.19. The summed E-state index contributed by atoms with van der Waals surface area (Å²) in [6.07, 6.45) is 3.36. The second kappa shape index (κ2) is 10.2. The molecule has 0 bridgehead atoms. The van der Waals surface area contributed by atoms with Crippen LogP contribution < -0.4 is 16.0 Å². The Hall–Kier alpha value is -2.83. The van der Waals surface area contributed by atoms with Gasteiger partial charge in [0.25, 0.3) is 0 Å². The van der Waals surface area contributed by atoms with Crippen LogP contribution in [0.5, 0.6) is 0 Å². The summed E-state index contributed by atoms with van der Waals surface area (Å²) in [5.74, 6) is -0.583. The minimum Gasteiger partial charge on any atom is -0.444 e. The van der Waals surface area contributed by atoms with Gasteiger partial charge in [-0.1, -0.05) is 31.2 Å². The second-order valence-electron chi connectivity index (χ2n) is 6.59. The quantitative estimate of drug-likeness (QED) is 0.651. The SMILES string of the molecule is CC/C=C/C(=O)Nc1ccccc1CNC(=O)CNC(=O)OC(C)(C)C. The Morgan fingerprint density at radius 1 is 1.12 bits per heavy atom. The Labute approximate surface area is 154 Å². The Balaban J connectivity index is 2.52. The maximum Gasteiger partial charge on any atom is 0.408 e. The number of rotatable bonds is 7. The average molecular weight is 361 g/mol. The van der Waals surface area contributed by atoms with Gasteiger partial charge in [-0.15, -0.1) is 0 Å². The molecule has 0 radical (unpaired) electrons. The lowest BCUT2D eigenvalue weighted by Gasteiger charge is -2.19. The fourth-order valence-electron chi connectivity index (χ4n) is 1.92. The molecular formula is C19H27N3O4. The molecule has 7 heteroatoms. The van der Waals surface area contributed by atoms with E-state index in [4.69, 9.17) is 4.74 Å². The van der Waals surface area contributed by atoms with E-state index >= 15 is 0 Å². The van der Waals surface area contributed by atoms with E-state index in [1.165, 1.54) is 6.08 Å². The number of benzene rings is 1. The van der Waals surface area contributed by atoms with Crippen LogP contribution in [0.4, 0.5) is 10.5 Å². The van der Waals surface area contributed by atoms with Gasteiger partial charge in [0, 0.05) is 12.2 Å². The molecule has 3 amide bonds. The molecule has 0 saturated carbocycles. The molecule has 0 fully saturated rings. The summed E-state index contributed by atoms with van der Waals surface area (Å²) in [6.45, 7) is 7.21. The minimum absolute atomic E-state index is 0.192. The molecule has 0 aliphatic rings. The van der Waals surface area contributed by atoms with Crippen LogP contribution >= 0.6 is 0 Å². The van der Waals surface area contributed by atoms with Crippen LogP contribution in [0.3, 0.4) is 0 Å². The van der Waals surface area contributed by atoms with Crippen molar-refractivity contribution >= 4 is 23.6 Å². The topological polar surface area (TPSA) is 96.5 Å². The first kappa shape index (κ1) is 21.2. The molecule has 26 heavy (non-hydrogen) atoms. The molecule has 0 saturated heterocycles. The third-order valence-electron chi connectivity index (χ3n) is 3.05. The molecule has 7 nitrogen and oxygen atoms in total. The summed E-state index contributed by atoms with van der Waals surface area (Å²) in [5, 5.41) is 7.87. The first-order chi connectivity index (χ1) is 12.2. The zero-order valence-electron chi connectivity index (χ0n) is 15.7. The molecule has 0 aromatic heterocycles. The smallest absolute Gasteiger partial charge is 0.408 e. The van der Waals surface area contributed by atoms with Gasteiger partial charge in [0.1, 0.15) is 12.1 Å². The molecule has 0 unspecified atom stereocenters. The van der Waals surface area contributed by atoms with Gasteiger partial charge < -0.3 is 20.7 Å². The van der Waals surface area contributed by atoms with Crippen LogP contribution in [0.25, 0.3) is 0 Å². The van der Waals surface area contributed by atoms with Crippen molar-refractivity contribution in [1.82, 2.24) is 10.6 Å². The summed E-state index contributed by atoms with van der Waals surface area (Å²) >= 11 is 0. The van der Waals surface area contributed by atoms with E-state index in [1.54, 1.807) is 45.0 Å². The maximum atomic E-state index is 11.9. The number of amides is 3. The lowest BCUT2D eigenvalue weighted by atomic mass is 10.1. The number of nitrogens with one attached hydrogen (secondary N) is 3.